The summed E-state index contributed by atoms with van der Waals surface area (Å²) in [5.41, 5.74) is 0.944. The summed E-state index contributed by atoms with van der Waals surface area (Å²) in [6.07, 6.45) is 0. The normalized spacial score (nSPS) is 22.3. The van der Waals surface area contributed by atoms with Gasteiger partial charge >= 0.3 is 0 Å². The standard InChI is InChI=1S/C12H16ClFN2/c1-9-7-16(3-2-15-9)8-10-4-11(13)6-12(14)5-10/h4-6,9,15H,2-3,7-8H2,1H3/t9-/m1/s1. The van der Waals surface area contributed by atoms with Gasteiger partial charge in [-0.25, -0.2) is 4.39 Å². The first-order chi connectivity index (χ1) is 7.63. The van der Waals surface area contributed by atoms with Crippen LogP contribution in [-0.4, -0.2) is 30.6 Å². The molecule has 1 aliphatic rings. The summed E-state index contributed by atoms with van der Waals surface area (Å²) in [4.78, 5) is 2.31. The van der Waals surface area contributed by atoms with E-state index in [1.54, 1.807) is 6.07 Å². The number of nitrogens with zero attached hydrogens (tertiary/aromatic N) is 1. The second kappa shape index (κ2) is 5.13. The van der Waals surface area contributed by atoms with E-state index in [-0.39, 0.29) is 5.82 Å². The molecule has 0 unspecified atom stereocenters. The number of halogens is 2. The summed E-state index contributed by atoms with van der Waals surface area (Å²) in [7, 11) is 0. The van der Waals surface area contributed by atoms with Gasteiger partial charge in [0.25, 0.3) is 0 Å². The van der Waals surface area contributed by atoms with Gasteiger partial charge in [-0.2, -0.15) is 0 Å². The Morgan fingerprint density at radius 1 is 1.50 bits per heavy atom. The summed E-state index contributed by atoms with van der Waals surface area (Å²) in [5.74, 6) is -0.259. The van der Waals surface area contributed by atoms with Crippen LogP contribution in [-0.2, 0) is 6.54 Å². The van der Waals surface area contributed by atoms with Crippen LogP contribution in [0.4, 0.5) is 4.39 Å². The van der Waals surface area contributed by atoms with Crippen LogP contribution < -0.4 is 5.32 Å². The molecule has 1 aromatic rings. The smallest absolute Gasteiger partial charge is 0.125 e. The zero-order chi connectivity index (χ0) is 11.5. The molecular weight excluding hydrogens is 227 g/mol. The zero-order valence-corrected chi connectivity index (χ0v) is 10.1. The average Bonchev–Trinajstić information content (AvgIpc) is 2.15. The Morgan fingerprint density at radius 3 is 3.00 bits per heavy atom. The molecule has 0 amide bonds. The van der Waals surface area contributed by atoms with Crippen molar-refractivity contribution in [2.75, 3.05) is 19.6 Å². The topological polar surface area (TPSA) is 15.3 Å². The van der Waals surface area contributed by atoms with Gasteiger partial charge in [0.15, 0.2) is 0 Å². The number of hydrogen-bond acceptors (Lipinski definition) is 2. The van der Waals surface area contributed by atoms with Gasteiger partial charge in [0.2, 0.25) is 0 Å². The minimum atomic E-state index is -0.259. The first kappa shape index (κ1) is 11.8. The molecule has 1 heterocycles. The summed E-state index contributed by atoms with van der Waals surface area (Å²) >= 11 is 5.83. The molecule has 88 valence electrons. The molecule has 4 heteroatoms. The van der Waals surface area contributed by atoms with Crippen molar-refractivity contribution in [1.29, 1.82) is 0 Å². The lowest BCUT2D eigenvalue weighted by atomic mass is 10.1. The van der Waals surface area contributed by atoms with Gasteiger partial charge in [-0.15, -0.1) is 0 Å². The third-order valence-electron chi connectivity index (χ3n) is 2.78. The highest BCUT2D eigenvalue weighted by atomic mass is 35.5. The molecule has 1 aromatic carbocycles. The van der Waals surface area contributed by atoms with Crippen molar-refractivity contribution in [1.82, 2.24) is 10.2 Å². The molecule has 1 atom stereocenters. The Bertz CT molecular complexity index is 350. The van der Waals surface area contributed by atoms with E-state index in [4.69, 9.17) is 11.6 Å². The van der Waals surface area contributed by atoms with E-state index in [1.807, 2.05) is 6.07 Å². The van der Waals surface area contributed by atoms with Crippen LogP contribution in [0.3, 0.4) is 0 Å². The molecule has 0 saturated carbocycles. The molecule has 2 rings (SSSR count). The maximum Gasteiger partial charge on any atom is 0.125 e. The van der Waals surface area contributed by atoms with Crippen LogP contribution in [0.25, 0.3) is 0 Å². The Hall–Kier alpha value is -0.640. The van der Waals surface area contributed by atoms with Gasteiger partial charge in [0.05, 0.1) is 0 Å². The molecular formula is C12H16ClFN2. The molecule has 0 spiro atoms. The predicted molar refractivity (Wildman–Crippen MR) is 64.2 cm³/mol. The summed E-state index contributed by atoms with van der Waals surface area (Å²) in [6.45, 7) is 5.91. The average molecular weight is 243 g/mol. The summed E-state index contributed by atoms with van der Waals surface area (Å²) in [6, 6.07) is 5.22. The lowest BCUT2D eigenvalue weighted by Gasteiger charge is -2.31. The van der Waals surface area contributed by atoms with Gasteiger partial charge in [0, 0.05) is 37.2 Å². The fourth-order valence-electron chi connectivity index (χ4n) is 2.12. The second-order valence-electron chi connectivity index (χ2n) is 4.37. The molecule has 16 heavy (non-hydrogen) atoms. The van der Waals surface area contributed by atoms with Crippen LogP contribution >= 0.6 is 11.6 Å². The molecule has 1 saturated heterocycles. The van der Waals surface area contributed by atoms with Gasteiger partial charge in [-0.1, -0.05) is 11.6 Å². The van der Waals surface area contributed by atoms with Gasteiger partial charge in [-0.05, 0) is 30.7 Å². The number of hydrogen-bond donors (Lipinski definition) is 1. The van der Waals surface area contributed by atoms with Gasteiger partial charge < -0.3 is 5.32 Å². The van der Waals surface area contributed by atoms with Gasteiger partial charge in [-0.3, -0.25) is 4.90 Å². The van der Waals surface area contributed by atoms with Crippen molar-refractivity contribution in [2.24, 2.45) is 0 Å². The molecule has 1 N–H and O–H groups in total. The van der Waals surface area contributed by atoms with Crippen molar-refractivity contribution >= 4 is 11.6 Å². The maximum absolute atomic E-state index is 13.1. The highest BCUT2D eigenvalue weighted by Gasteiger charge is 2.15. The first-order valence-corrected chi connectivity index (χ1v) is 5.92. The summed E-state index contributed by atoms with van der Waals surface area (Å²) in [5, 5.41) is 3.85. The van der Waals surface area contributed by atoms with Crippen LogP contribution in [0, 0.1) is 5.82 Å². The van der Waals surface area contributed by atoms with E-state index >= 15 is 0 Å². The Morgan fingerprint density at radius 2 is 2.31 bits per heavy atom. The molecule has 0 aliphatic carbocycles. The number of piperazine rings is 1. The minimum absolute atomic E-state index is 0.259. The minimum Gasteiger partial charge on any atom is -0.312 e. The third-order valence-corrected chi connectivity index (χ3v) is 3.00. The lowest BCUT2D eigenvalue weighted by Crippen LogP contribution is -2.48. The maximum atomic E-state index is 13.1. The quantitative estimate of drug-likeness (QED) is 0.856. The van der Waals surface area contributed by atoms with Crippen molar-refractivity contribution in [2.45, 2.75) is 19.5 Å². The molecule has 1 fully saturated rings. The van der Waals surface area contributed by atoms with E-state index < -0.39 is 0 Å². The monoisotopic (exact) mass is 242 g/mol. The SMILES string of the molecule is C[C@@H]1CN(Cc2cc(F)cc(Cl)c2)CCN1. The number of benzene rings is 1. The third kappa shape index (κ3) is 3.17. The molecule has 0 radical (unpaired) electrons. The van der Waals surface area contributed by atoms with Crippen molar-refractivity contribution < 1.29 is 4.39 Å². The van der Waals surface area contributed by atoms with Gasteiger partial charge in [0.1, 0.15) is 5.82 Å². The second-order valence-corrected chi connectivity index (χ2v) is 4.80. The predicted octanol–water partition coefficient (Wildman–Crippen LogP) is 2.27. The molecule has 0 bridgehead atoms. The van der Waals surface area contributed by atoms with Crippen molar-refractivity contribution in [3.05, 3.63) is 34.6 Å². The largest absolute Gasteiger partial charge is 0.312 e. The fourth-order valence-corrected chi connectivity index (χ4v) is 2.36. The number of rotatable bonds is 2. The Balaban J connectivity index is 2.02. The van der Waals surface area contributed by atoms with E-state index in [2.05, 4.69) is 17.1 Å². The zero-order valence-electron chi connectivity index (χ0n) is 9.34. The van der Waals surface area contributed by atoms with E-state index in [0.29, 0.717) is 11.1 Å². The van der Waals surface area contributed by atoms with E-state index in [0.717, 1.165) is 31.7 Å². The van der Waals surface area contributed by atoms with E-state index in [1.165, 1.54) is 6.07 Å². The molecule has 0 aromatic heterocycles. The van der Waals surface area contributed by atoms with Crippen molar-refractivity contribution in [3.8, 4) is 0 Å². The number of nitrogens with one attached hydrogen (secondary N) is 1. The first-order valence-electron chi connectivity index (χ1n) is 5.54. The lowest BCUT2D eigenvalue weighted by molar-refractivity contribution is 0.199. The molecule has 1 aliphatic heterocycles. The Labute approximate surface area is 100 Å². The molecule has 2 nitrogen and oxygen atoms in total. The summed E-state index contributed by atoms with van der Waals surface area (Å²) < 4.78 is 13.1. The van der Waals surface area contributed by atoms with Crippen LogP contribution in [0.2, 0.25) is 5.02 Å². The Kier molecular flexibility index (Phi) is 3.79. The van der Waals surface area contributed by atoms with Crippen molar-refractivity contribution in [3.63, 3.8) is 0 Å². The van der Waals surface area contributed by atoms with E-state index in [9.17, 15) is 4.39 Å². The van der Waals surface area contributed by atoms with Crippen LogP contribution in [0.5, 0.6) is 0 Å². The van der Waals surface area contributed by atoms with Crippen LogP contribution in [0.1, 0.15) is 12.5 Å². The van der Waals surface area contributed by atoms with Crippen LogP contribution in [0.15, 0.2) is 18.2 Å². The highest BCUT2D eigenvalue weighted by molar-refractivity contribution is 6.30. The fraction of sp³-hybridized carbons (Fsp3) is 0.500. The highest BCUT2D eigenvalue weighted by Crippen LogP contribution is 2.16.